The zero-order chi connectivity index (χ0) is 12.0. The van der Waals surface area contributed by atoms with Gasteiger partial charge in [0.25, 0.3) is 0 Å². The molecule has 0 saturated carbocycles. The molecule has 0 aliphatic carbocycles. The van der Waals surface area contributed by atoms with E-state index in [9.17, 15) is 4.79 Å². The molecule has 3 heteroatoms. The van der Waals surface area contributed by atoms with Crippen molar-refractivity contribution in [1.29, 1.82) is 0 Å². The highest BCUT2D eigenvalue weighted by atomic mass is 16.5. The molecule has 0 aliphatic rings. The molecule has 0 unspecified atom stereocenters. The summed E-state index contributed by atoms with van der Waals surface area (Å²) in [7, 11) is 1.62. The first-order valence-corrected chi connectivity index (χ1v) is 5.40. The number of ether oxygens (including phenoxy) is 2. The van der Waals surface area contributed by atoms with E-state index in [2.05, 4.69) is 0 Å². The average Bonchev–Trinajstić information content (AvgIpc) is 2.25. The topological polar surface area (TPSA) is 35.5 Å². The van der Waals surface area contributed by atoms with Gasteiger partial charge in [0.05, 0.1) is 13.7 Å². The van der Waals surface area contributed by atoms with Crippen molar-refractivity contribution in [2.75, 3.05) is 13.7 Å². The highest BCUT2D eigenvalue weighted by molar-refractivity contribution is 5.75. The van der Waals surface area contributed by atoms with Gasteiger partial charge in [-0.25, -0.2) is 0 Å². The van der Waals surface area contributed by atoms with Gasteiger partial charge in [-0.05, 0) is 38.0 Å². The van der Waals surface area contributed by atoms with Gasteiger partial charge in [0.1, 0.15) is 5.78 Å². The molecule has 0 radical (unpaired) electrons. The first-order chi connectivity index (χ1) is 7.63. The lowest BCUT2D eigenvalue weighted by molar-refractivity contribution is -0.117. The van der Waals surface area contributed by atoms with E-state index in [1.54, 1.807) is 14.0 Å². The maximum atomic E-state index is 10.7. The summed E-state index contributed by atoms with van der Waals surface area (Å²) in [5.74, 6) is 1.67. The van der Waals surface area contributed by atoms with Gasteiger partial charge in [0.2, 0.25) is 0 Å². The first-order valence-electron chi connectivity index (χ1n) is 5.40. The molecule has 0 bridgehead atoms. The number of Topliss-reactive ketones (excluding diaryl/α,β-unsaturated/α-hetero) is 1. The molecule has 1 aromatic rings. The number of methoxy groups -OCH3 is 1. The molecular weight excluding hydrogens is 204 g/mol. The Labute approximate surface area is 96.4 Å². The Bertz CT molecular complexity index is 358. The summed E-state index contributed by atoms with van der Waals surface area (Å²) < 4.78 is 10.8. The van der Waals surface area contributed by atoms with Crippen LogP contribution in [0.4, 0.5) is 0 Å². The van der Waals surface area contributed by atoms with Crippen LogP contribution < -0.4 is 9.47 Å². The van der Waals surface area contributed by atoms with E-state index in [4.69, 9.17) is 9.47 Å². The van der Waals surface area contributed by atoms with Crippen LogP contribution >= 0.6 is 0 Å². The Morgan fingerprint density at radius 3 is 2.69 bits per heavy atom. The van der Waals surface area contributed by atoms with Crippen LogP contribution in [-0.2, 0) is 4.79 Å². The fourth-order valence-corrected chi connectivity index (χ4v) is 1.40. The molecule has 0 saturated heterocycles. The van der Waals surface area contributed by atoms with E-state index in [1.807, 2.05) is 25.1 Å². The lowest BCUT2D eigenvalue weighted by atomic mass is 10.2. The van der Waals surface area contributed by atoms with E-state index >= 15 is 0 Å². The minimum absolute atomic E-state index is 0.194. The molecule has 0 heterocycles. The molecule has 0 N–H and O–H groups in total. The zero-order valence-corrected chi connectivity index (χ0v) is 10.1. The van der Waals surface area contributed by atoms with Gasteiger partial charge in [0.15, 0.2) is 11.5 Å². The van der Waals surface area contributed by atoms with Crippen molar-refractivity contribution in [1.82, 2.24) is 0 Å². The van der Waals surface area contributed by atoms with Crippen LogP contribution in [0.2, 0.25) is 0 Å². The summed E-state index contributed by atoms with van der Waals surface area (Å²) in [5, 5.41) is 0. The average molecular weight is 222 g/mol. The van der Waals surface area contributed by atoms with Crippen molar-refractivity contribution in [3.63, 3.8) is 0 Å². The smallest absolute Gasteiger partial charge is 0.161 e. The largest absolute Gasteiger partial charge is 0.493 e. The van der Waals surface area contributed by atoms with Crippen molar-refractivity contribution in [3.8, 4) is 11.5 Å². The van der Waals surface area contributed by atoms with Crippen molar-refractivity contribution < 1.29 is 14.3 Å². The number of aryl methyl sites for hydroxylation is 1. The molecule has 0 aromatic heterocycles. The summed E-state index contributed by atoms with van der Waals surface area (Å²) in [5.41, 5.74) is 1.13. The van der Waals surface area contributed by atoms with Crippen LogP contribution in [0.3, 0.4) is 0 Å². The summed E-state index contributed by atoms with van der Waals surface area (Å²) >= 11 is 0. The normalized spacial score (nSPS) is 9.94. The lowest BCUT2D eigenvalue weighted by Crippen LogP contribution is -2.01. The molecule has 0 aliphatic heterocycles. The van der Waals surface area contributed by atoms with Gasteiger partial charge >= 0.3 is 0 Å². The highest BCUT2D eigenvalue weighted by Gasteiger charge is 2.04. The van der Waals surface area contributed by atoms with Crippen molar-refractivity contribution in [3.05, 3.63) is 23.8 Å². The number of carbonyl (C=O) groups excluding carboxylic acids is 1. The quantitative estimate of drug-likeness (QED) is 0.694. The second-order valence-electron chi connectivity index (χ2n) is 3.81. The number of carbonyl (C=O) groups is 1. The first kappa shape index (κ1) is 12.6. The van der Waals surface area contributed by atoms with Gasteiger partial charge in [-0.1, -0.05) is 6.07 Å². The van der Waals surface area contributed by atoms with E-state index in [0.717, 1.165) is 23.5 Å². The molecule has 0 atom stereocenters. The molecule has 0 spiro atoms. The fourth-order valence-electron chi connectivity index (χ4n) is 1.40. The van der Waals surface area contributed by atoms with Crippen LogP contribution in [0, 0.1) is 6.92 Å². The van der Waals surface area contributed by atoms with E-state index in [1.165, 1.54) is 0 Å². The molecule has 1 aromatic carbocycles. The predicted molar refractivity (Wildman–Crippen MR) is 63.1 cm³/mol. The second kappa shape index (κ2) is 6.16. The Kier molecular flexibility index (Phi) is 4.83. The molecule has 88 valence electrons. The Morgan fingerprint density at radius 1 is 1.31 bits per heavy atom. The van der Waals surface area contributed by atoms with Gasteiger partial charge in [0, 0.05) is 6.42 Å². The third-order valence-corrected chi connectivity index (χ3v) is 2.25. The Morgan fingerprint density at radius 2 is 2.06 bits per heavy atom. The summed E-state index contributed by atoms with van der Waals surface area (Å²) in [4.78, 5) is 10.7. The van der Waals surface area contributed by atoms with Crippen LogP contribution in [0.25, 0.3) is 0 Å². The van der Waals surface area contributed by atoms with Gasteiger partial charge in [-0.15, -0.1) is 0 Å². The highest BCUT2D eigenvalue weighted by Crippen LogP contribution is 2.27. The fraction of sp³-hybridized carbons (Fsp3) is 0.462. The van der Waals surface area contributed by atoms with E-state index < -0.39 is 0 Å². The van der Waals surface area contributed by atoms with Gasteiger partial charge in [-0.2, -0.15) is 0 Å². The lowest BCUT2D eigenvalue weighted by Gasteiger charge is -2.10. The molecule has 3 nitrogen and oxygen atoms in total. The van der Waals surface area contributed by atoms with Crippen LogP contribution in [0.15, 0.2) is 18.2 Å². The third kappa shape index (κ3) is 3.93. The Balaban J connectivity index is 2.50. The van der Waals surface area contributed by atoms with Crippen molar-refractivity contribution in [2.24, 2.45) is 0 Å². The van der Waals surface area contributed by atoms with Gasteiger partial charge in [-0.3, -0.25) is 0 Å². The molecule has 16 heavy (non-hydrogen) atoms. The van der Waals surface area contributed by atoms with Crippen molar-refractivity contribution in [2.45, 2.75) is 26.7 Å². The minimum atomic E-state index is 0.194. The zero-order valence-electron chi connectivity index (χ0n) is 10.1. The van der Waals surface area contributed by atoms with E-state index in [-0.39, 0.29) is 5.78 Å². The maximum Gasteiger partial charge on any atom is 0.161 e. The standard InChI is InChI=1S/C13H18O3/c1-10-6-7-12(13(9-10)15-3)16-8-4-5-11(2)14/h6-7,9H,4-5,8H2,1-3H3. The number of rotatable bonds is 6. The predicted octanol–water partition coefficient (Wildman–Crippen LogP) is 2.75. The van der Waals surface area contributed by atoms with Crippen molar-refractivity contribution >= 4 is 5.78 Å². The van der Waals surface area contributed by atoms with Gasteiger partial charge < -0.3 is 14.3 Å². The Hall–Kier alpha value is -1.51. The van der Waals surface area contributed by atoms with Crippen LogP contribution in [0.5, 0.6) is 11.5 Å². The number of hydrogen-bond donors (Lipinski definition) is 0. The number of hydrogen-bond acceptors (Lipinski definition) is 3. The summed E-state index contributed by atoms with van der Waals surface area (Å²) in [6.07, 6.45) is 1.31. The van der Waals surface area contributed by atoms with Crippen LogP contribution in [-0.4, -0.2) is 19.5 Å². The second-order valence-corrected chi connectivity index (χ2v) is 3.81. The summed E-state index contributed by atoms with van der Waals surface area (Å²) in [6, 6.07) is 5.80. The monoisotopic (exact) mass is 222 g/mol. The minimum Gasteiger partial charge on any atom is -0.493 e. The third-order valence-electron chi connectivity index (χ3n) is 2.25. The summed E-state index contributed by atoms with van der Waals surface area (Å²) in [6.45, 7) is 4.13. The van der Waals surface area contributed by atoms with E-state index in [0.29, 0.717) is 13.0 Å². The SMILES string of the molecule is COc1cc(C)ccc1OCCCC(C)=O. The van der Waals surface area contributed by atoms with Crippen LogP contribution in [0.1, 0.15) is 25.3 Å². The number of benzene rings is 1. The molecular formula is C13H18O3. The maximum absolute atomic E-state index is 10.7. The molecule has 1 rings (SSSR count). The number of ketones is 1. The molecule has 0 amide bonds. The molecule has 0 fully saturated rings.